The molecule has 0 saturated carbocycles. The van der Waals surface area contributed by atoms with Crippen LogP contribution in [-0.2, 0) is 12.7 Å². The van der Waals surface area contributed by atoms with Gasteiger partial charge in [0.25, 0.3) is 5.56 Å². The van der Waals surface area contributed by atoms with Crippen molar-refractivity contribution in [3.8, 4) is 11.3 Å². The maximum absolute atomic E-state index is 13.4. The van der Waals surface area contributed by atoms with Crippen LogP contribution in [0.3, 0.4) is 0 Å². The van der Waals surface area contributed by atoms with Crippen molar-refractivity contribution < 1.29 is 13.2 Å². The Hall–Kier alpha value is -4.60. The Balaban J connectivity index is 1.43. The van der Waals surface area contributed by atoms with Crippen molar-refractivity contribution >= 4 is 22.4 Å². The fourth-order valence-electron chi connectivity index (χ4n) is 4.18. The molecule has 2 aliphatic carbocycles. The first-order valence-corrected chi connectivity index (χ1v) is 10.7. The van der Waals surface area contributed by atoms with E-state index in [4.69, 9.17) is 0 Å². The molecule has 35 heavy (non-hydrogen) atoms. The zero-order valence-corrected chi connectivity index (χ0v) is 18.0. The first-order chi connectivity index (χ1) is 16.8. The normalized spacial score (nSPS) is 14.6. The molecule has 0 saturated heterocycles. The second-order valence-corrected chi connectivity index (χ2v) is 8.18. The summed E-state index contributed by atoms with van der Waals surface area (Å²) in [6.45, 7) is -0.0778. The van der Waals surface area contributed by atoms with E-state index in [1.807, 2.05) is 0 Å². The number of hydrogen-bond donors (Lipinski definition) is 1. The van der Waals surface area contributed by atoms with Crippen molar-refractivity contribution in [3.05, 3.63) is 111 Å². The number of allylic oxidation sites excluding steroid dienone is 8. The second-order valence-electron chi connectivity index (χ2n) is 8.18. The van der Waals surface area contributed by atoms with E-state index in [-0.39, 0.29) is 17.6 Å². The minimum absolute atomic E-state index is 0.0778. The molecular weight excluding hydrogens is 459 g/mol. The largest absolute Gasteiger partial charge is 0.416 e. The van der Waals surface area contributed by atoms with Crippen LogP contribution in [0.2, 0.25) is 0 Å². The van der Waals surface area contributed by atoms with Crippen LogP contribution in [0.4, 0.5) is 13.2 Å². The fraction of sp³-hybridized carbons (Fsp3) is 0.0800. The lowest BCUT2D eigenvalue weighted by Gasteiger charge is -2.16. The quantitative estimate of drug-likeness (QED) is 0.469. The van der Waals surface area contributed by atoms with E-state index in [1.54, 1.807) is 54.8 Å². The standard InChI is InChI=1S/C25H16F3N5O2/c26-25(27,28)19-10-2-1-5-15(19)13-31-14-16(12-29-31)20-11-21-22(30-20)23(34)33(18-8-4-9-18)24(35)32(21)17-6-3-7-17/h1-12,14,30H,13H2. The summed E-state index contributed by atoms with van der Waals surface area (Å²) in [5.74, 6) is 0. The Morgan fingerprint density at radius 3 is 2.31 bits per heavy atom. The highest BCUT2D eigenvalue weighted by molar-refractivity contribution is 5.87. The Morgan fingerprint density at radius 2 is 1.66 bits per heavy atom. The fourth-order valence-corrected chi connectivity index (χ4v) is 4.18. The van der Waals surface area contributed by atoms with E-state index in [0.717, 1.165) is 10.6 Å². The molecule has 0 aliphatic heterocycles. The number of rotatable bonds is 5. The Bertz CT molecular complexity index is 1760. The van der Waals surface area contributed by atoms with Crippen molar-refractivity contribution in [3.63, 3.8) is 0 Å². The third kappa shape index (κ3) is 3.33. The van der Waals surface area contributed by atoms with E-state index < -0.39 is 23.0 Å². The van der Waals surface area contributed by atoms with E-state index in [1.165, 1.54) is 27.6 Å². The van der Waals surface area contributed by atoms with Gasteiger partial charge in [-0.05, 0) is 42.0 Å². The predicted molar refractivity (Wildman–Crippen MR) is 125 cm³/mol. The molecule has 174 valence electrons. The molecule has 2 aliphatic rings. The minimum atomic E-state index is -4.47. The number of hydrogen-bond acceptors (Lipinski definition) is 3. The molecule has 3 heterocycles. The third-order valence-electron chi connectivity index (χ3n) is 6.02. The summed E-state index contributed by atoms with van der Waals surface area (Å²) in [4.78, 5) is 29.4. The molecule has 0 atom stereocenters. The summed E-state index contributed by atoms with van der Waals surface area (Å²) >= 11 is 0. The molecule has 0 bridgehead atoms. The van der Waals surface area contributed by atoms with E-state index in [9.17, 15) is 22.8 Å². The highest BCUT2D eigenvalue weighted by Gasteiger charge is 2.33. The van der Waals surface area contributed by atoms with Gasteiger partial charge >= 0.3 is 11.9 Å². The summed E-state index contributed by atoms with van der Waals surface area (Å²) in [6.07, 6.45) is 9.05. The highest BCUT2D eigenvalue weighted by Crippen LogP contribution is 2.32. The summed E-state index contributed by atoms with van der Waals surface area (Å²) < 4.78 is 44.0. The van der Waals surface area contributed by atoms with Crippen molar-refractivity contribution in [1.82, 2.24) is 23.9 Å². The summed E-state index contributed by atoms with van der Waals surface area (Å²) in [7, 11) is 0. The first kappa shape index (κ1) is 21.0. The van der Waals surface area contributed by atoms with Gasteiger partial charge in [-0.2, -0.15) is 18.3 Å². The van der Waals surface area contributed by atoms with Gasteiger partial charge in [-0.3, -0.25) is 14.0 Å². The van der Waals surface area contributed by atoms with Gasteiger partial charge in [0, 0.05) is 11.8 Å². The molecule has 0 spiro atoms. The van der Waals surface area contributed by atoms with Crippen LogP contribution < -0.4 is 11.2 Å². The number of H-pyrrole nitrogens is 1. The molecule has 6 rings (SSSR count). The Labute approximate surface area is 195 Å². The number of aromatic nitrogens is 5. The lowest BCUT2D eigenvalue weighted by molar-refractivity contribution is -0.138. The number of nitrogens with one attached hydrogen (secondary N) is 1. The average molecular weight is 475 g/mol. The van der Waals surface area contributed by atoms with Crippen molar-refractivity contribution in [1.29, 1.82) is 0 Å². The van der Waals surface area contributed by atoms with Crippen molar-refractivity contribution in [2.45, 2.75) is 12.7 Å². The summed E-state index contributed by atoms with van der Waals surface area (Å²) in [6, 6.07) is 7.02. The average Bonchev–Trinajstić information content (AvgIpc) is 3.38. The lowest BCUT2D eigenvalue weighted by Crippen LogP contribution is -2.39. The van der Waals surface area contributed by atoms with Crippen LogP contribution in [0.25, 0.3) is 33.7 Å². The van der Waals surface area contributed by atoms with Crippen molar-refractivity contribution in [2.24, 2.45) is 0 Å². The topological polar surface area (TPSA) is 77.6 Å². The third-order valence-corrected chi connectivity index (χ3v) is 6.02. The maximum Gasteiger partial charge on any atom is 0.416 e. The lowest BCUT2D eigenvalue weighted by atomic mass is 10.1. The van der Waals surface area contributed by atoms with Gasteiger partial charge in [0.15, 0.2) is 0 Å². The molecule has 10 heteroatoms. The molecule has 1 aromatic carbocycles. The smallest absolute Gasteiger partial charge is 0.349 e. The Kier molecular flexibility index (Phi) is 4.47. The van der Waals surface area contributed by atoms with Gasteiger partial charge in [-0.1, -0.05) is 30.4 Å². The van der Waals surface area contributed by atoms with Crippen molar-refractivity contribution in [2.75, 3.05) is 0 Å². The van der Waals surface area contributed by atoms with Gasteiger partial charge in [0.2, 0.25) is 0 Å². The summed E-state index contributed by atoms with van der Waals surface area (Å²) in [5.41, 5.74) is 1.25. The molecule has 3 aromatic heterocycles. The van der Waals surface area contributed by atoms with E-state index in [2.05, 4.69) is 10.1 Å². The van der Waals surface area contributed by atoms with Crippen LogP contribution in [0, 0.1) is 0 Å². The SMILES string of the molecule is O=c1c2[nH]c(-c3cnn(Cc4ccccc4C(F)(F)F)c3)cc2n(C2=CC=C2)c(=O)n1C1=CC=C1. The van der Waals surface area contributed by atoms with Gasteiger partial charge in [-0.25, -0.2) is 9.36 Å². The molecule has 0 unspecified atom stereocenters. The first-order valence-electron chi connectivity index (χ1n) is 10.7. The minimum Gasteiger partial charge on any atom is -0.349 e. The monoisotopic (exact) mass is 475 g/mol. The summed E-state index contributed by atoms with van der Waals surface area (Å²) in [5, 5.41) is 4.21. The molecule has 7 nitrogen and oxygen atoms in total. The zero-order chi connectivity index (χ0) is 24.3. The number of nitrogens with zero attached hydrogens (tertiary/aromatic N) is 4. The number of alkyl halides is 3. The van der Waals surface area contributed by atoms with Gasteiger partial charge < -0.3 is 4.98 Å². The number of aromatic amines is 1. The highest BCUT2D eigenvalue weighted by atomic mass is 19.4. The molecule has 4 aromatic rings. The molecule has 0 fully saturated rings. The van der Waals surface area contributed by atoms with E-state index >= 15 is 0 Å². The van der Waals surface area contributed by atoms with Crippen LogP contribution in [-0.4, -0.2) is 23.9 Å². The molecule has 0 amide bonds. The Morgan fingerprint density at radius 1 is 0.971 bits per heavy atom. The van der Waals surface area contributed by atoms with Crippen LogP contribution >= 0.6 is 0 Å². The predicted octanol–water partition coefficient (Wildman–Crippen LogP) is 4.24. The zero-order valence-electron chi connectivity index (χ0n) is 18.0. The number of fused-ring (bicyclic) bond motifs is 1. The van der Waals surface area contributed by atoms with Crippen LogP contribution in [0.15, 0.2) is 88.8 Å². The van der Waals surface area contributed by atoms with Gasteiger partial charge in [-0.15, -0.1) is 0 Å². The number of halogens is 3. The second kappa shape index (κ2) is 7.45. The maximum atomic E-state index is 13.4. The van der Waals surface area contributed by atoms with Crippen LogP contribution in [0.5, 0.6) is 0 Å². The van der Waals surface area contributed by atoms with Gasteiger partial charge in [0.05, 0.1) is 40.9 Å². The number of benzene rings is 1. The molecule has 0 radical (unpaired) electrons. The molecule has 1 N–H and O–H groups in total. The van der Waals surface area contributed by atoms with Crippen LogP contribution in [0.1, 0.15) is 11.1 Å². The van der Waals surface area contributed by atoms with E-state index in [0.29, 0.717) is 28.2 Å². The van der Waals surface area contributed by atoms with Gasteiger partial charge in [0.1, 0.15) is 5.52 Å². The molecular formula is C25H16F3N5O2.